The van der Waals surface area contributed by atoms with Gasteiger partial charge in [0.25, 0.3) is 0 Å². The molecular weight excluding hydrogens is 377 g/mol. The fourth-order valence-electron chi connectivity index (χ4n) is 2.59. The number of rotatable bonds is 4. The summed E-state index contributed by atoms with van der Waals surface area (Å²) in [4.78, 5) is 6.95. The van der Waals surface area contributed by atoms with E-state index in [9.17, 15) is 4.39 Å². The lowest BCUT2D eigenvalue weighted by atomic mass is 10.3. The van der Waals surface area contributed by atoms with Gasteiger partial charge >= 0.3 is 0 Å². The number of thioether (sulfide) groups is 1. The van der Waals surface area contributed by atoms with E-state index in [1.54, 1.807) is 6.07 Å². The Morgan fingerprint density at radius 3 is 2.76 bits per heavy atom. The topological polar surface area (TPSA) is 21.1 Å². The molecule has 1 saturated heterocycles. The van der Waals surface area contributed by atoms with Gasteiger partial charge in [-0.25, -0.2) is 9.37 Å². The van der Waals surface area contributed by atoms with Gasteiger partial charge in [-0.15, -0.1) is 11.6 Å². The van der Waals surface area contributed by atoms with Crippen LogP contribution in [-0.4, -0.2) is 45.6 Å². The number of aromatic nitrogens is 2. The molecule has 2 heterocycles. The molecule has 114 valence electrons. The molecule has 7 heteroatoms. The summed E-state index contributed by atoms with van der Waals surface area (Å²) in [7, 11) is 0. The van der Waals surface area contributed by atoms with Crippen molar-refractivity contribution in [2.45, 2.75) is 12.4 Å². The molecule has 3 nitrogen and oxygen atoms in total. The first-order chi connectivity index (χ1) is 10.2. The standard InChI is InChI=1S/C14H16BrClFN3S/c15-10-7-12-13(8-11(10)17)20(14(9-16)18-12)2-1-19-3-5-21-6-4-19/h7-8H,1-6,9H2. The molecular formula is C14H16BrClFN3S. The molecule has 1 aliphatic rings. The fourth-order valence-corrected chi connectivity index (χ4v) is 4.10. The van der Waals surface area contributed by atoms with Crippen molar-refractivity contribution >= 4 is 50.3 Å². The first-order valence-corrected chi connectivity index (χ1v) is 9.37. The Morgan fingerprint density at radius 1 is 1.29 bits per heavy atom. The summed E-state index contributed by atoms with van der Waals surface area (Å²) in [5.41, 5.74) is 1.60. The summed E-state index contributed by atoms with van der Waals surface area (Å²) < 4.78 is 16.3. The predicted octanol–water partition coefficient (Wildman–Crippen LogP) is 3.73. The molecule has 0 radical (unpaired) electrons. The SMILES string of the molecule is Fc1cc2c(cc1Br)nc(CCl)n2CCN1CCSCC1. The number of imidazole rings is 1. The summed E-state index contributed by atoms with van der Waals surface area (Å²) in [6.45, 7) is 3.98. The lowest BCUT2D eigenvalue weighted by molar-refractivity contribution is 0.290. The lowest BCUT2D eigenvalue weighted by Gasteiger charge is -2.26. The molecule has 21 heavy (non-hydrogen) atoms. The Balaban J connectivity index is 1.86. The van der Waals surface area contributed by atoms with E-state index in [0.717, 1.165) is 43.0 Å². The predicted molar refractivity (Wildman–Crippen MR) is 90.7 cm³/mol. The van der Waals surface area contributed by atoms with Crippen LogP contribution in [0.4, 0.5) is 4.39 Å². The summed E-state index contributed by atoms with van der Waals surface area (Å²) in [6, 6.07) is 3.25. The third-order valence-corrected chi connectivity index (χ3v) is 5.52. The molecule has 0 spiro atoms. The van der Waals surface area contributed by atoms with Crippen LogP contribution >= 0.6 is 39.3 Å². The van der Waals surface area contributed by atoms with Gasteiger partial charge in [-0.05, 0) is 22.0 Å². The number of alkyl halides is 1. The average molecular weight is 393 g/mol. The maximum Gasteiger partial charge on any atom is 0.139 e. The maximum atomic E-state index is 13.8. The highest BCUT2D eigenvalue weighted by Crippen LogP contribution is 2.25. The number of nitrogens with zero attached hydrogens (tertiary/aromatic N) is 3. The highest BCUT2D eigenvalue weighted by atomic mass is 79.9. The van der Waals surface area contributed by atoms with Crippen LogP contribution in [0.1, 0.15) is 5.82 Å². The van der Waals surface area contributed by atoms with E-state index in [4.69, 9.17) is 11.6 Å². The second kappa shape index (κ2) is 6.86. The molecule has 0 atom stereocenters. The van der Waals surface area contributed by atoms with Crippen LogP contribution in [0.2, 0.25) is 0 Å². The van der Waals surface area contributed by atoms with Crippen molar-refractivity contribution < 1.29 is 4.39 Å². The Labute approximate surface area is 141 Å². The summed E-state index contributed by atoms with van der Waals surface area (Å²) in [5.74, 6) is 3.25. The molecule has 3 rings (SSSR count). The van der Waals surface area contributed by atoms with Crippen molar-refractivity contribution in [1.82, 2.24) is 14.5 Å². The van der Waals surface area contributed by atoms with Crippen LogP contribution in [-0.2, 0) is 12.4 Å². The Hall–Kier alpha value is -0.300. The number of fused-ring (bicyclic) bond motifs is 1. The summed E-state index contributed by atoms with van der Waals surface area (Å²) in [6.07, 6.45) is 0. The van der Waals surface area contributed by atoms with Crippen LogP contribution in [0.5, 0.6) is 0 Å². The number of hydrogen-bond acceptors (Lipinski definition) is 3. The molecule has 1 fully saturated rings. The second-order valence-corrected chi connectivity index (χ2v) is 7.37. The zero-order valence-corrected chi connectivity index (χ0v) is 14.6. The summed E-state index contributed by atoms with van der Waals surface area (Å²) in [5, 5.41) is 0. The zero-order valence-electron chi connectivity index (χ0n) is 11.5. The minimum Gasteiger partial charge on any atom is -0.326 e. The third kappa shape index (κ3) is 3.38. The fraction of sp³-hybridized carbons (Fsp3) is 0.500. The van der Waals surface area contributed by atoms with Gasteiger partial charge in [0.1, 0.15) is 11.6 Å². The van der Waals surface area contributed by atoms with Crippen molar-refractivity contribution in [3.8, 4) is 0 Å². The minimum atomic E-state index is -0.265. The molecule has 1 aliphatic heterocycles. The average Bonchev–Trinajstić information content (AvgIpc) is 2.83. The van der Waals surface area contributed by atoms with Crippen molar-refractivity contribution in [3.05, 3.63) is 28.2 Å². The zero-order chi connectivity index (χ0) is 14.8. The molecule has 1 aromatic carbocycles. The largest absolute Gasteiger partial charge is 0.326 e. The molecule has 0 unspecified atom stereocenters. The molecule has 0 saturated carbocycles. The number of hydrogen-bond donors (Lipinski definition) is 0. The molecule has 0 aliphatic carbocycles. The van der Waals surface area contributed by atoms with Crippen LogP contribution in [0, 0.1) is 5.82 Å². The van der Waals surface area contributed by atoms with Gasteiger partial charge in [-0.2, -0.15) is 11.8 Å². The molecule has 0 N–H and O–H groups in total. The smallest absolute Gasteiger partial charge is 0.139 e. The highest BCUT2D eigenvalue weighted by Gasteiger charge is 2.15. The van der Waals surface area contributed by atoms with Gasteiger partial charge in [0, 0.05) is 43.8 Å². The van der Waals surface area contributed by atoms with Gasteiger partial charge in [0.2, 0.25) is 0 Å². The quantitative estimate of drug-likeness (QED) is 0.740. The van der Waals surface area contributed by atoms with Crippen LogP contribution < -0.4 is 0 Å². The molecule has 0 amide bonds. The monoisotopic (exact) mass is 391 g/mol. The van der Waals surface area contributed by atoms with Gasteiger partial charge in [0.15, 0.2) is 0 Å². The maximum absolute atomic E-state index is 13.8. The van der Waals surface area contributed by atoms with Crippen molar-refractivity contribution in [3.63, 3.8) is 0 Å². The normalized spacial score (nSPS) is 16.7. The minimum absolute atomic E-state index is 0.265. The van der Waals surface area contributed by atoms with Gasteiger partial charge in [-0.3, -0.25) is 4.90 Å². The van der Waals surface area contributed by atoms with Crippen LogP contribution in [0.25, 0.3) is 11.0 Å². The van der Waals surface area contributed by atoms with E-state index in [2.05, 4.69) is 25.8 Å². The van der Waals surface area contributed by atoms with E-state index in [1.165, 1.54) is 17.6 Å². The lowest BCUT2D eigenvalue weighted by Crippen LogP contribution is -2.35. The first kappa shape index (κ1) is 15.6. The third-order valence-electron chi connectivity index (χ3n) is 3.73. The Bertz CT molecular complexity index is 643. The van der Waals surface area contributed by atoms with E-state index in [0.29, 0.717) is 10.4 Å². The van der Waals surface area contributed by atoms with E-state index >= 15 is 0 Å². The van der Waals surface area contributed by atoms with Crippen molar-refractivity contribution in [1.29, 1.82) is 0 Å². The first-order valence-electron chi connectivity index (χ1n) is 6.89. The Morgan fingerprint density at radius 2 is 2.05 bits per heavy atom. The Kier molecular flexibility index (Phi) is 5.09. The van der Waals surface area contributed by atoms with Gasteiger partial charge < -0.3 is 4.57 Å². The highest BCUT2D eigenvalue weighted by molar-refractivity contribution is 9.10. The van der Waals surface area contributed by atoms with E-state index in [-0.39, 0.29) is 5.82 Å². The van der Waals surface area contributed by atoms with Crippen molar-refractivity contribution in [2.24, 2.45) is 0 Å². The van der Waals surface area contributed by atoms with Gasteiger partial charge in [-0.1, -0.05) is 0 Å². The second-order valence-electron chi connectivity index (χ2n) is 5.02. The van der Waals surface area contributed by atoms with Gasteiger partial charge in [0.05, 0.1) is 21.4 Å². The molecule has 2 aromatic rings. The summed E-state index contributed by atoms with van der Waals surface area (Å²) >= 11 is 11.2. The van der Waals surface area contributed by atoms with E-state index in [1.807, 2.05) is 16.3 Å². The van der Waals surface area contributed by atoms with Crippen LogP contribution in [0.3, 0.4) is 0 Å². The van der Waals surface area contributed by atoms with E-state index < -0.39 is 0 Å². The number of halogens is 3. The molecule has 0 bridgehead atoms. The van der Waals surface area contributed by atoms with Crippen molar-refractivity contribution in [2.75, 3.05) is 31.1 Å². The van der Waals surface area contributed by atoms with Crippen LogP contribution in [0.15, 0.2) is 16.6 Å². The molecule has 1 aromatic heterocycles. The number of benzene rings is 1.